The number of phosphoric acid groups is 1. The van der Waals surface area contributed by atoms with Crippen molar-refractivity contribution in [3.05, 3.63) is 35.9 Å². The molecule has 1 unspecified atom stereocenters. The van der Waals surface area contributed by atoms with E-state index in [0.717, 1.165) is 0 Å². The Morgan fingerprint density at radius 2 is 1.39 bits per heavy atom. The summed E-state index contributed by atoms with van der Waals surface area (Å²) in [6.45, 7) is 11.9. The fraction of sp³-hybridized carbons (Fsp3) is 0.588. The van der Waals surface area contributed by atoms with Crippen molar-refractivity contribution in [3.8, 4) is 0 Å². The zero-order chi connectivity index (χ0) is 17.9. The standard InChI is InChI=1S/C17H27O5P/c1-13(18)15(14-11-9-8-10-12-14)20-23(19,21-16(2,3)4)22-17(5,6)7/h8-12,15H,1-7H3. The average Bonchev–Trinajstić information content (AvgIpc) is 2.32. The molecule has 23 heavy (non-hydrogen) atoms. The summed E-state index contributed by atoms with van der Waals surface area (Å²) in [5.41, 5.74) is -0.896. The summed E-state index contributed by atoms with van der Waals surface area (Å²) in [6.07, 6.45) is -1.01. The predicted molar refractivity (Wildman–Crippen MR) is 90.2 cm³/mol. The number of hydrogen-bond donors (Lipinski definition) is 0. The van der Waals surface area contributed by atoms with Crippen LogP contribution in [0.25, 0.3) is 0 Å². The summed E-state index contributed by atoms with van der Waals surface area (Å²) in [6, 6.07) is 8.89. The van der Waals surface area contributed by atoms with Crippen LogP contribution in [-0.2, 0) is 22.9 Å². The molecule has 0 aliphatic carbocycles. The van der Waals surface area contributed by atoms with Gasteiger partial charge in [-0.2, -0.15) is 0 Å². The molecule has 6 heteroatoms. The van der Waals surface area contributed by atoms with Gasteiger partial charge in [-0.3, -0.25) is 18.4 Å². The Balaban J connectivity index is 3.16. The van der Waals surface area contributed by atoms with Gasteiger partial charge in [-0.05, 0) is 54.0 Å². The number of phosphoric ester groups is 1. The van der Waals surface area contributed by atoms with Gasteiger partial charge in [0.05, 0.1) is 11.2 Å². The number of hydrogen-bond acceptors (Lipinski definition) is 5. The zero-order valence-electron chi connectivity index (χ0n) is 15.0. The Kier molecular flexibility index (Phi) is 6.33. The van der Waals surface area contributed by atoms with Crippen LogP contribution in [0.5, 0.6) is 0 Å². The van der Waals surface area contributed by atoms with E-state index >= 15 is 0 Å². The molecule has 0 heterocycles. The number of ketones is 1. The van der Waals surface area contributed by atoms with Crippen LogP contribution in [0, 0.1) is 0 Å². The molecule has 0 fully saturated rings. The van der Waals surface area contributed by atoms with Crippen molar-refractivity contribution in [1.82, 2.24) is 0 Å². The lowest BCUT2D eigenvalue weighted by atomic mass is 10.1. The number of carbonyl (C=O) groups is 1. The van der Waals surface area contributed by atoms with Gasteiger partial charge in [-0.1, -0.05) is 30.3 Å². The largest absolute Gasteiger partial charge is 0.476 e. The molecule has 0 bridgehead atoms. The first-order valence-corrected chi connectivity index (χ1v) is 9.03. The molecule has 1 rings (SSSR count). The van der Waals surface area contributed by atoms with E-state index in [2.05, 4.69) is 0 Å². The van der Waals surface area contributed by atoms with Crippen molar-refractivity contribution in [3.63, 3.8) is 0 Å². The molecule has 0 spiro atoms. The van der Waals surface area contributed by atoms with Gasteiger partial charge in [-0.15, -0.1) is 0 Å². The maximum Gasteiger partial charge on any atom is 0.476 e. The maximum absolute atomic E-state index is 13.1. The van der Waals surface area contributed by atoms with E-state index in [-0.39, 0.29) is 5.78 Å². The quantitative estimate of drug-likeness (QED) is 0.675. The second kappa shape index (κ2) is 7.27. The first kappa shape index (κ1) is 20.0. The number of Topliss-reactive ketones (excluding diaryl/α,β-unsaturated/α-hetero) is 1. The summed E-state index contributed by atoms with van der Waals surface area (Å²) in [7, 11) is -3.96. The molecule has 0 saturated heterocycles. The van der Waals surface area contributed by atoms with Crippen LogP contribution in [0.3, 0.4) is 0 Å². The van der Waals surface area contributed by atoms with Crippen LogP contribution in [0.2, 0.25) is 0 Å². The summed E-state index contributed by atoms with van der Waals surface area (Å²) in [4.78, 5) is 12.0. The van der Waals surface area contributed by atoms with Crippen LogP contribution in [-0.4, -0.2) is 17.0 Å². The van der Waals surface area contributed by atoms with E-state index in [1.807, 2.05) is 6.07 Å². The fourth-order valence-corrected chi connectivity index (χ4v) is 3.85. The number of carbonyl (C=O) groups excluding carboxylic acids is 1. The summed E-state index contributed by atoms with van der Waals surface area (Å²) in [5.74, 6) is -0.272. The minimum Gasteiger partial charge on any atom is -0.297 e. The minimum absolute atomic E-state index is 0.272. The smallest absolute Gasteiger partial charge is 0.297 e. The van der Waals surface area contributed by atoms with Crippen LogP contribution < -0.4 is 0 Å². The third-order valence-electron chi connectivity index (χ3n) is 2.48. The van der Waals surface area contributed by atoms with Gasteiger partial charge >= 0.3 is 7.82 Å². The Bertz CT molecular complexity index is 549. The number of benzene rings is 1. The van der Waals surface area contributed by atoms with Gasteiger partial charge in [0.25, 0.3) is 0 Å². The molecule has 0 aliphatic heterocycles. The van der Waals surface area contributed by atoms with Crippen molar-refractivity contribution in [1.29, 1.82) is 0 Å². The molecular formula is C17H27O5P. The third kappa shape index (κ3) is 7.40. The van der Waals surface area contributed by atoms with Crippen molar-refractivity contribution in [2.75, 3.05) is 0 Å². The molecule has 5 nitrogen and oxygen atoms in total. The van der Waals surface area contributed by atoms with Gasteiger partial charge in [-0.25, -0.2) is 4.57 Å². The highest BCUT2D eigenvalue weighted by Gasteiger charge is 2.40. The molecular weight excluding hydrogens is 315 g/mol. The van der Waals surface area contributed by atoms with Gasteiger partial charge in [0.15, 0.2) is 11.9 Å². The molecule has 130 valence electrons. The van der Waals surface area contributed by atoms with E-state index in [1.54, 1.807) is 65.8 Å². The third-order valence-corrected chi connectivity index (χ3v) is 4.49. The maximum atomic E-state index is 13.1. The van der Waals surface area contributed by atoms with Crippen molar-refractivity contribution >= 4 is 13.6 Å². The van der Waals surface area contributed by atoms with E-state index in [4.69, 9.17) is 13.6 Å². The van der Waals surface area contributed by atoms with Gasteiger partial charge in [0, 0.05) is 0 Å². The van der Waals surface area contributed by atoms with E-state index in [1.165, 1.54) is 6.92 Å². The van der Waals surface area contributed by atoms with Crippen molar-refractivity contribution in [2.24, 2.45) is 0 Å². The molecule has 0 N–H and O–H groups in total. The lowest BCUT2D eigenvalue weighted by molar-refractivity contribution is -0.126. The highest BCUT2D eigenvalue weighted by atomic mass is 31.2. The molecule has 0 saturated carbocycles. The first-order valence-electron chi connectivity index (χ1n) is 7.57. The Morgan fingerprint density at radius 3 is 1.74 bits per heavy atom. The SMILES string of the molecule is CC(=O)C(OP(=O)(OC(C)(C)C)OC(C)(C)C)c1ccccc1. The zero-order valence-corrected chi connectivity index (χ0v) is 15.8. The topological polar surface area (TPSA) is 61.8 Å². The van der Waals surface area contributed by atoms with E-state index in [9.17, 15) is 9.36 Å². The number of rotatable bonds is 6. The Hall–Kier alpha value is -1.00. The Labute approximate surface area is 138 Å². The lowest BCUT2D eigenvalue weighted by Gasteiger charge is -2.32. The highest BCUT2D eigenvalue weighted by Crippen LogP contribution is 2.58. The van der Waals surface area contributed by atoms with Gasteiger partial charge < -0.3 is 0 Å². The van der Waals surface area contributed by atoms with Crippen LogP contribution in [0.15, 0.2) is 30.3 Å². The molecule has 0 aliphatic rings. The second-order valence-corrected chi connectivity index (χ2v) is 8.83. The molecule has 1 atom stereocenters. The molecule has 1 aromatic carbocycles. The lowest BCUT2D eigenvalue weighted by Crippen LogP contribution is -2.26. The molecule has 0 radical (unpaired) electrons. The highest BCUT2D eigenvalue weighted by molar-refractivity contribution is 7.48. The summed E-state index contributed by atoms with van der Waals surface area (Å²) >= 11 is 0. The molecule has 1 aromatic rings. The van der Waals surface area contributed by atoms with Crippen molar-refractivity contribution < 1.29 is 22.9 Å². The van der Waals surface area contributed by atoms with Gasteiger partial charge in [0.1, 0.15) is 0 Å². The fourth-order valence-electron chi connectivity index (χ4n) is 1.86. The van der Waals surface area contributed by atoms with Gasteiger partial charge in [0.2, 0.25) is 0 Å². The first-order chi connectivity index (χ1) is 10.3. The summed E-state index contributed by atoms with van der Waals surface area (Å²) < 4.78 is 29.8. The van der Waals surface area contributed by atoms with Crippen LogP contribution in [0.4, 0.5) is 0 Å². The normalized spacial score (nSPS) is 14.6. The Morgan fingerprint density at radius 1 is 0.957 bits per heavy atom. The average molecular weight is 342 g/mol. The molecule has 0 aromatic heterocycles. The van der Waals surface area contributed by atoms with Crippen LogP contribution in [0.1, 0.15) is 60.1 Å². The second-order valence-electron chi connectivity index (χ2n) is 7.36. The predicted octanol–water partition coefficient (Wildman–Crippen LogP) is 5.07. The van der Waals surface area contributed by atoms with E-state index < -0.39 is 25.1 Å². The minimum atomic E-state index is -3.96. The summed E-state index contributed by atoms with van der Waals surface area (Å²) in [5, 5.41) is 0. The van der Waals surface area contributed by atoms with Crippen LogP contribution >= 0.6 is 7.82 Å². The monoisotopic (exact) mass is 342 g/mol. The molecule has 0 amide bonds. The van der Waals surface area contributed by atoms with E-state index in [0.29, 0.717) is 5.56 Å². The van der Waals surface area contributed by atoms with Crippen molar-refractivity contribution in [2.45, 2.75) is 65.8 Å².